The summed E-state index contributed by atoms with van der Waals surface area (Å²) in [6.45, 7) is 3.45. The van der Waals surface area contributed by atoms with Crippen LogP contribution in [-0.2, 0) is 4.79 Å². The summed E-state index contributed by atoms with van der Waals surface area (Å²) < 4.78 is 10.2. The second-order valence-corrected chi connectivity index (χ2v) is 4.60. The van der Waals surface area contributed by atoms with Gasteiger partial charge in [0.2, 0.25) is 0 Å². The van der Waals surface area contributed by atoms with Crippen LogP contribution in [0.5, 0.6) is 11.5 Å². The number of rotatable bonds is 6. The standard InChI is InChI=1S/C14H19NO5/c1-8(2)12(14(17)18)15-13(16)10-6-5-9(19-3)7-11(10)20-4/h5-8,12H,1-4H3,(H,15,16)(H,17,18)/t12-/m0/s1. The summed E-state index contributed by atoms with van der Waals surface area (Å²) in [5.41, 5.74) is 0.264. The fraction of sp³-hybridized carbons (Fsp3) is 0.429. The predicted octanol–water partition coefficient (Wildman–Crippen LogP) is 1.54. The molecule has 0 bridgehead atoms. The normalized spacial score (nSPS) is 11.8. The van der Waals surface area contributed by atoms with E-state index in [4.69, 9.17) is 14.6 Å². The van der Waals surface area contributed by atoms with Crippen molar-refractivity contribution < 1.29 is 24.2 Å². The van der Waals surface area contributed by atoms with Gasteiger partial charge in [-0.05, 0) is 18.1 Å². The molecule has 0 heterocycles. The molecule has 6 heteroatoms. The van der Waals surface area contributed by atoms with Gasteiger partial charge in [0, 0.05) is 6.07 Å². The highest BCUT2D eigenvalue weighted by atomic mass is 16.5. The number of amides is 1. The summed E-state index contributed by atoms with van der Waals surface area (Å²) in [4.78, 5) is 23.2. The Morgan fingerprint density at radius 1 is 1.20 bits per heavy atom. The number of aliphatic carboxylic acids is 1. The van der Waals surface area contributed by atoms with Crippen molar-refractivity contribution in [3.63, 3.8) is 0 Å². The first-order chi connectivity index (χ1) is 9.40. The zero-order valence-corrected chi connectivity index (χ0v) is 12.0. The molecule has 1 amide bonds. The van der Waals surface area contributed by atoms with Crippen molar-refractivity contribution in [3.8, 4) is 11.5 Å². The molecule has 0 fully saturated rings. The minimum atomic E-state index is -1.07. The van der Waals surface area contributed by atoms with E-state index in [2.05, 4.69) is 5.32 Å². The number of hydrogen-bond acceptors (Lipinski definition) is 4. The number of carboxylic acid groups (broad SMARTS) is 1. The van der Waals surface area contributed by atoms with Gasteiger partial charge in [0.05, 0.1) is 19.8 Å². The molecular formula is C14H19NO5. The van der Waals surface area contributed by atoms with E-state index in [9.17, 15) is 9.59 Å². The maximum atomic E-state index is 12.1. The SMILES string of the molecule is COc1ccc(C(=O)N[C@H](C(=O)O)C(C)C)c(OC)c1. The minimum absolute atomic E-state index is 0.222. The maximum Gasteiger partial charge on any atom is 0.326 e. The Hall–Kier alpha value is -2.24. The number of nitrogens with one attached hydrogen (secondary N) is 1. The molecule has 0 saturated heterocycles. The molecule has 1 atom stereocenters. The summed E-state index contributed by atoms with van der Waals surface area (Å²) in [6.07, 6.45) is 0. The fourth-order valence-electron chi connectivity index (χ4n) is 1.72. The van der Waals surface area contributed by atoms with E-state index in [1.165, 1.54) is 20.3 Å². The first kappa shape index (κ1) is 15.8. The van der Waals surface area contributed by atoms with Crippen molar-refractivity contribution >= 4 is 11.9 Å². The Morgan fingerprint density at radius 2 is 1.85 bits per heavy atom. The monoisotopic (exact) mass is 281 g/mol. The molecule has 0 saturated carbocycles. The Morgan fingerprint density at radius 3 is 2.30 bits per heavy atom. The van der Waals surface area contributed by atoms with Crippen molar-refractivity contribution in [2.24, 2.45) is 5.92 Å². The molecule has 0 aliphatic rings. The maximum absolute atomic E-state index is 12.1. The molecular weight excluding hydrogens is 262 g/mol. The molecule has 1 aromatic rings. The first-order valence-corrected chi connectivity index (χ1v) is 6.16. The molecule has 0 aliphatic carbocycles. The third kappa shape index (κ3) is 3.63. The van der Waals surface area contributed by atoms with Gasteiger partial charge in [-0.2, -0.15) is 0 Å². The van der Waals surface area contributed by atoms with Gasteiger partial charge < -0.3 is 19.9 Å². The molecule has 0 radical (unpaired) electrons. The Labute approximate surface area is 117 Å². The number of benzene rings is 1. The van der Waals surface area contributed by atoms with Gasteiger partial charge in [-0.3, -0.25) is 4.79 Å². The van der Waals surface area contributed by atoms with Crippen molar-refractivity contribution in [3.05, 3.63) is 23.8 Å². The van der Waals surface area contributed by atoms with Gasteiger partial charge >= 0.3 is 5.97 Å². The molecule has 1 rings (SSSR count). The van der Waals surface area contributed by atoms with Crippen molar-refractivity contribution in [1.82, 2.24) is 5.32 Å². The summed E-state index contributed by atoms with van der Waals surface area (Å²) in [5.74, 6) is -0.904. The Kier molecular flexibility index (Phi) is 5.37. The lowest BCUT2D eigenvalue weighted by Gasteiger charge is -2.18. The van der Waals surface area contributed by atoms with Crippen LogP contribution in [0.1, 0.15) is 24.2 Å². The molecule has 1 aromatic carbocycles. The fourth-order valence-corrected chi connectivity index (χ4v) is 1.72. The van der Waals surface area contributed by atoms with E-state index in [1.54, 1.807) is 26.0 Å². The van der Waals surface area contributed by atoms with E-state index >= 15 is 0 Å². The number of ether oxygens (including phenoxy) is 2. The third-order valence-electron chi connectivity index (χ3n) is 2.87. The van der Waals surface area contributed by atoms with E-state index in [-0.39, 0.29) is 11.5 Å². The lowest BCUT2D eigenvalue weighted by Crippen LogP contribution is -2.44. The van der Waals surface area contributed by atoms with Crippen LogP contribution in [0.2, 0.25) is 0 Å². The summed E-state index contributed by atoms with van der Waals surface area (Å²) in [5, 5.41) is 11.6. The second kappa shape index (κ2) is 6.79. The van der Waals surface area contributed by atoms with Crippen LogP contribution in [0, 0.1) is 5.92 Å². The van der Waals surface area contributed by atoms with Crippen LogP contribution in [0.4, 0.5) is 0 Å². The summed E-state index contributed by atoms with van der Waals surface area (Å²) >= 11 is 0. The Bertz CT molecular complexity index is 498. The molecule has 0 unspecified atom stereocenters. The summed E-state index contributed by atoms with van der Waals surface area (Å²) in [7, 11) is 2.94. The number of carbonyl (C=O) groups excluding carboxylic acids is 1. The number of carbonyl (C=O) groups is 2. The average Bonchev–Trinajstić information content (AvgIpc) is 2.42. The van der Waals surface area contributed by atoms with Gasteiger partial charge in [0.1, 0.15) is 17.5 Å². The zero-order chi connectivity index (χ0) is 15.3. The van der Waals surface area contributed by atoms with Crippen molar-refractivity contribution in [2.75, 3.05) is 14.2 Å². The Balaban J connectivity index is 3.00. The molecule has 6 nitrogen and oxygen atoms in total. The number of hydrogen-bond donors (Lipinski definition) is 2. The molecule has 0 aliphatic heterocycles. The average molecular weight is 281 g/mol. The molecule has 2 N–H and O–H groups in total. The van der Waals surface area contributed by atoms with Gasteiger partial charge in [0.15, 0.2) is 0 Å². The highest BCUT2D eigenvalue weighted by Crippen LogP contribution is 2.24. The number of methoxy groups -OCH3 is 2. The highest BCUT2D eigenvalue weighted by molar-refractivity contribution is 5.99. The molecule has 0 spiro atoms. The lowest BCUT2D eigenvalue weighted by atomic mass is 10.0. The van der Waals surface area contributed by atoms with Crippen molar-refractivity contribution in [2.45, 2.75) is 19.9 Å². The van der Waals surface area contributed by atoms with Crippen LogP contribution in [0.3, 0.4) is 0 Å². The van der Waals surface area contributed by atoms with E-state index < -0.39 is 17.9 Å². The smallest absolute Gasteiger partial charge is 0.326 e. The van der Waals surface area contributed by atoms with Gasteiger partial charge in [0.25, 0.3) is 5.91 Å². The van der Waals surface area contributed by atoms with Gasteiger partial charge in [-0.15, -0.1) is 0 Å². The first-order valence-electron chi connectivity index (χ1n) is 6.16. The van der Waals surface area contributed by atoms with E-state index in [1.807, 2.05) is 0 Å². The second-order valence-electron chi connectivity index (χ2n) is 4.60. The quantitative estimate of drug-likeness (QED) is 0.826. The lowest BCUT2D eigenvalue weighted by molar-refractivity contribution is -0.140. The zero-order valence-electron chi connectivity index (χ0n) is 12.0. The molecule has 0 aromatic heterocycles. The number of carboxylic acids is 1. The van der Waals surface area contributed by atoms with Crippen LogP contribution >= 0.6 is 0 Å². The predicted molar refractivity (Wildman–Crippen MR) is 73.3 cm³/mol. The van der Waals surface area contributed by atoms with Crippen LogP contribution in [-0.4, -0.2) is 37.2 Å². The molecule has 110 valence electrons. The molecule has 20 heavy (non-hydrogen) atoms. The van der Waals surface area contributed by atoms with Crippen LogP contribution in [0.15, 0.2) is 18.2 Å². The van der Waals surface area contributed by atoms with Crippen molar-refractivity contribution in [1.29, 1.82) is 0 Å². The largest absolute Gasteiger partial charge is 0.497 e. The minimum Gasteiger partial charge on any atom is -0.497 e. The van der Waals surface area contributed by atoms with Gasteiger partial charge in [-0.1, -0.05) is 13.8 Å². The highest BCUT2D eigenvalue weighted by Gasteiger charge is 2.25. The third-order valence-corrected chi connectivity index (χ3v) is 2.87. The van der Waals surface area contributed by atoms with E-state index in [0.29, 0.717) is 11.5 Å². The van der Waals surface area contributed by atoms with Crippen LogP contribution in [0.25, 0.3) is 0 Å². The van der Waals surface area contributed by atoms with Gasteiger partial charge in [-0.25, -0.2) is 4.79 Å². The topological polar surface area (TPSA) is 84.9 Å². The van der Waals surface area contributed by atoms with Crippen LogP contribution < -0.4 is 14.8 Å². The summed E-state index contributed by atoms with van der Waals surface area (Å²) in [6, 6.07) is 3.77. The van der Waals surface area contributed by atoms with E-state index in [0.717, 1.165) is 0 Å².